The summed E-state index contributed by atoms with van der Waals surface area (Å²) in [4.78, 5) is 26.4. The summed E-state index contributed by atoms with van der Waals surface area (Å²) in [6, 6.07) is 0. The van der Waals surface area contributed by atoms with E-state index in [0.29, 0.717) is 18.1 Å². The van der Waals surface area contributed by atoms with Gasteiger partial charge in [0.1, 0.15) is 0 Å². The van der Waals surface area contributed by atoms with Crippen LogP contribution in [0.3, 0.4) is 0 Å². The number of carbonyl (C=O) groups excluding carboxylic acids is 2. The lowest BCUT2D eigenvalue weighted by molar-refractivity contribution is -0.121. The number of amides is 2. The summed E-state index contributed by atoms with van der Waals surface area (Å²) in [6.07, 6.45) is 1.76. The van der Waals surface area contributed by atoms with Gasteiger partial charge in [-0.15, -0.1) is 0 Å². The minimum atomic E-state index is -0.212. The van der Waals surface area contributed by atoms with E-state index < -0.39 is 0 Å². The van der Waals surface area contributed by atoms with Gasteiger partial charge in [0.05, 0.1) is 18.1 Å². The van der Waals surface area contributed by atoms with Crippen molar-refractivity contribution in [2.75, 3.05) is 33.4 Å². The highest BCUT2D eigenvalue weighted by Gasteiger charge is 2.32. The molecule has 0 unspecified atom stereocenters. The van der Waals surface area contributed by atoms with Gasteiger partial charge in [-0.05, 0) is 11.8 Å². The van der Waals surface area contributed by atoms with E-state index in [0.717, 1.165) is 29.8 Å². The van der Waals surface area contributed by atoms with Crippen molar-refractivity contribution >= 4 is 22.9 Å². The molecular weight excluding hydrogens is 216 g/mol. The number of ether oxygens (including phenoxy) is 1. The van der Waals surface area contributed by atoms with E-state index in [1.807, 2.05) is 4.90 Å². The molecule has 2 saturated heterocycles. The fourth-order valence-corrected chi connectivity index (χ4v) is 2.24. The Hall–Kier alpha value is -1.01. The predicted octanol–water partition coefficient (Wildman–Crippen LogP) is 0.485. The summed E-state index contributed by atoms with van der Waals surface area (Å²) in [5.41, 5.74) is 0. The third-order valence-electron chi connectivity index (χ3n) is 2.33. The number of rotatable bonds is 1. The molecule has 2 aliphatic rings. The summed E-state index contributed by atoms with van der Waals surface area (Å²) in [5.74, 6) is -0.212. The fourth-order valence-electron chi connectivity index (χ4n) is 1.41. The molecule has 2 heterocycles. The number of carbonyl (C=O) groups is 2. The molecule has 15 heavy (non-hydrogen) atoms. The van der Waals surface area contributed by atoms with Crippen LogP contribution in [-0.4, -0.2) is 54.3 Å². The minimum Gasteiger partial charge on any atom is -0.378 e. The maximum atomic E-state index is 11.5. The molecule has 0 saturated carbocycles. The molecule has 0 bridgehead atoms. The first-order valence-electron chi connectivity index (χ1n) is 4.72. The normalized spacial score (nSPS) is 25.5. The van der Waals surface area contributed by atoms with Crippen LogP contribution >= 0.6 is 11.8 Å². The molecule has 0 spiro atoms. The Kier molecular flexibility index (Phi) is 2.97. The molecular formula is C9H12N2O3S. The third-order valence-corrected chi connectivity index (χ3v) is 3.28. The van der Waals surface area contributed by atoms with Gasteiger partial charge < -0.3 is 9.64 Å². The number of hydrogen-bond acceptors (Lipinski definition) is 5. The van der Waals surface area contributed by atoms with E-state index in [1.165, 1.54) is 7.05 Å². The highest BCUT2D eigenvalue weighted by atomic mass is 32.2. The van der Waals surface area contributed by atoms with Crippen molar-refractivity contribution in [3.63, 3.8) is 0 Å². The Morgan fingerprint density at radius 3 is 2.53 bits per heavy atom. The second-order valence-corrected chi connectivity index (χ2v) is 4.37. The van der Waals surface area contributed by atoms with Gasteiger partial charge in [0.2, 0.25) is 0 Å². The Morgan fingerprint density at radius 1 is 1.33 bits per heavy atom. The Labute approximate surface area is 92.0 Å². The summed E-state index contributed by atoms with van der Waals surface area (Å²) in [7, 11) is 1.50. The number of morpholine rings is 1. The Bertz CT molecular complexity index is 323. The van der Waals surface area contributed by atoms with Gasteiger partial charge in [0.15, 0.2) is 0 Å². The molecule has 82 valence electrons. The van der Waals surface area contributed by atoms with Crippen molar-refractivity contribution < 1.29 is 14.3 Å². The Morgan fingerprint density at radius 2 is 2.00 bits per heavy atom. The average Bonchev–Trinajstić information content (AvgIpc) is 2.48. The smallest absolute Gasteiger partial charge is 0.293 e. The number of imide groups is 1. The summed E-state index contributed by atoms with van der Waals surface area (Å²) in [6.45, 7) is 2.89. The maximum Gasteiger partial charge on any atom is 0.293 e. The van der Waals surface area contributed by atoms with Gasteiger partial charge in [-0.2, -0.15) is 0 Å². The van der Waals surface area contributed by atoms with Crippen molar-refractivity contribution in [3.8, 4) is 0 Å². The SMILES string of the molecule is CN1C(=O)S/C(=C/N2CCOCC2)C1=O. The van der Waals surface area contributed by atoms with Gasteiger partial charge in [-0.1, -0.05) is 0 Å². The highest BCUT2D eigenvalue weighted by molar-refractivity contribution is 8.18. The van der Waals surface area contributed by atoms with E-state index in [2.05, 4.69) is 0 Å². The molecule has 2 amide bonds. The molecule has 5 nitrogen and oxygen atoms in total. The molecule has 0 aromatic rings. The lowest BCUT2D eigenvalue weighted by atomic mass is 10.4. The second kappa shape index (κ2) is 4.24. The van der Waals surface area contributed by atoms with Crippen molar-refractivity contribution in [2.24, 2.45) is 0 Å². The maximum absolute atomic E-state index is 11.5. The lowest BCUT2D eigenvalue weighted by Gasteiger charge is -2.25. The van der Waals surface area contributed by atoms with Crippen molar-refractivity contribution in [3.05, 3.63) is 11.1 Å². The van der Waals surface area contributed by atoms with Crippen LogP contribution in [0.15, 0.2) is 11.1 Å². The molecule has 0 aromatic carbocycles. The van der Waals surface area contributed by atoms with Crippen LogP contribution < -0.4 is 0 Å². The second-order valence-electron chi connectivity index (χ2n) is 3.37. The third kappa shape index (κ3) is 2.15. The van der Waals surface area contributed by atoms with E-state index in [4.69, 9.17) is 4.74 Å². The van der Waals surface area contributed by atoms with Crippen LogP contribution in [0, 0.1) is 0 Å². The molecule has 2 rings (SSSR count). The highest BCUT2D eigenvalue weighted by Crippen LogP contribution is 2.29. The van der Waals surface area contributed by atoms with Crippen LogP contribution in [0.25, 0.3) is 0 Å². The van der Waals surface area contributed by atoms with Crippen LogP contribution in [0.4, 0.5) is 4.79 Å². The van der Waals surface area contributed by atoms with E-state index >= 15 is 0 Å². The number of nitrogens with zero attached hydrogens (tertiary/aromatic N) is 2. The van der Waals surface area contributed by atoms with Gasteiger partial charge in [0, 0.05) is 26.3 Å². The quantitative estimate of drug-likeness (QED) is 0.611. The van der Waals surface area contributed by atoms with Crippen molar-refractivity contribution in [1.29, 1.82) is 0 Å². The zero-order chi connectivity index (χ0) is 10.8. The van der Waals surface area contributed by atoms with Gasteiger partial charge in [0.25, 0.3) is 11.1 Å². The summed E-state index contributed by atoms with van der Waals surface area (Å²) in [5, 5.41) is -0.209. The number of hydrogen-bond donors (Lipinski definition) is 0. The largest absolute Gasteiger partial charge is 0.378 e. The van der Waals surface area contributed by atoms with Crippen molar-refractivity contribution in [1.82, 2.24) is 9.80 Å². The van der Waals surface area contributed by atoms with E-state index in [-0.39, 0.29) is 11.1 Å². The van der Waals surface area contributed by atoms with Crippen LogP contribution in [0.2, 0.25) is 0 Å². The average molecular weight is 228 g/mol. The summed E-state index contributed by atoms with van der Waals surface area (Å²) >= 11 is 0.991. The molecule has 2 aliphatic heterocycles. The number of likely N-dealkylation sites (N-methyl/N-ethyl adjacent to an activating group) is 1. The van der Waals surface area contributed by atoms with Gasteiger partial charge in [-0.25, -0.2) is 0 Å². The molecule has 0 atom stereocenters. The summed E-state index contributed by atoms with van der Waals surface area (Å²) < 4.78 is 5.19. The molecule has 0 radical (unpaired) electrons. The van der Waals surface area contributed by atoms with Crippen LogP contribution in [0.5, 0.6) is 0 Å². The van der Waals surface area contributed by atoms with E-state index in [9.17, 15) is 9.59 Å². The fraction of sp³-hybridized carbons (Fsp3) is 0.556. The zero-order valence-corrected chi connectivity index (χ0v) is 9.25. The minimum absolute atomic E-state index is 0.209. The van der Waals surface area contributed by atoms with Crippen molar-refractivity contribution in [2.45, 2.75) is 0 Å². The number of thioether (sulfide) groups is 1. The first-order chi connectivity index (χ1) is 7.18. The monoisotopic (exact) mass is 228 g/mol. The van der Waals surface area contributed by atoms with Gasteiger partial charge in [-0.3, -0.25) is 14.5 Å². The van der Waals surface area contributed by atoms with Crippen LogP contribution in [0.1, 0.15) is 0 Å². The van der Waals surface area contributed by atoms with Crippen LogP contribution in [-0.2, 0) is 9.53 Å². The molecule has 0 aliphatic carbocycles. The first-order valence-corrected chi connectivity index (χ1v) is 5.53. The Balaban J connectivity index is 2.07. The van der Waals surface area contributed by atoms with E-state index in [1.54, 1.807) is 6.20 Å². The van der Waals surface area contributed by atoms with Gasteiger partial charge >= 0.3 is 0 Å². The topological polar surface area (TPSA) is 49.9 Å². The zero-order valence-electron chi connectivity index (χ0n) is 8.43. The lowest BCUT2D eigenvalue weighted by Crippen LogP contribution is -2.32. The molecule has 0 aromatic heterocycles. The standard InChI is InChI=1S/C9H12N2O3S/c1-10-8(12)7(15-9(10)13)6-11-2-4-14-5-3-11/h6H,2-5H2,1H3/b7-6+. The molecule has 6 heteroatoms. The molecule has 2 fully saturated rings. The predicted molar refractivity (Wildman–Crippen MR) is 56.2 cm³/mol. The first kappa shape index (κ1) is 10.5. The molecule has 0 N–H and O–H groups in total.